The molecule has 4 rings (SSSR count). The van der Waals surface area contributed by atoms with Crippen molar-refractivity contribution in [3.63, 3.8) is 0 Å². The van der Waals surface area contributed by atoms with Crippen molar-refractivity contribution in [1.29, 1.82) is 0 Å². The highest BCUT2D eigenvalue weighted by atomic mass is 16.5. The number of esters is 1. The third-order valence-electron chi connectivity index (χ3n) is 8.35. The summed E-state index contributed by atoms with van der Waals surface area (Å²) in [5, 5.41) is 0. The summed E-state index contributed by atoms with van der Waals surface area (Å²) in [5.74, 6) is 4.27. The molecule has 0 aromatic rings. The maximum atomic E-state index is 11.5. The maximum absolute atomic E-state index is 11.5. The average Bonchev–Trinajstić information content (AvgIpc) is 2.83. The molecule has 4 aliphatic carbocycles. The number of carbonyl (C=O) groups excluding carboxylic acids is 1. The summed E-state index contributed by atoms with van der Waals surface area (Å²) in [5.41, 5.74) is 0.706. The SMILES string of the molecule is CC(=O)OC1=CC[C@H]2[C@@H]3CC[C@H]4CCCC[C@]4(C)[C@H]3CC[C@]12C. The smallest absolute Gasteiger partial charge is 0.307 e. The fourth-order valence-corrected chi connectivity index (χ4v) is 7.14. The molecule has 0 spiro atoms. The van der Waals surface area contributed by atoms with E-state index in [1.165, 1.54) is 58.3 Å². The Bertz CT molecular complexity index is 536. The fraction of sp³-hybridized carbons (Fsp3) is 0.857. The summed E-state index contributed by atoms with van der Waals surface area (Å²) >= 11 is 0. The van der Waals surface area contributed by atoms with Crippen LogP contribution in [0, 0.1) is 34.5 Å². The second kappa shape index (κ2) is 5.36. The van der Waals surface area contributed by atoms with Crippen LogP contribution in [0.3, 0.4) is 0 Å². The molecule has 0 N–H and O–H groups in total. The van der Waals surface area contributed by atoms with Gasteiger partial charge < -0.3 is 4.74 Å². The zero-order valence-corrected chi connectivity index (χ0v) is 15.1. The summed E-state index contributed by atoms with van der Waals surface area (Å²) in [7, 11) is 0. The van der Waals surface area contributed by atoms with Gasteiger partial charge in [0.15, 0.2) is 0 Å². The number of hydrogen-bond acceptors (Lipinski definition) is 2. The number of allylic oxidation sites excluding steroid dienone is 2. The maximum Gasteiger partial charge on any atom is 0.307 e. The van der Waals surface area contributed by atoms with Gasteiger partial charge in [0, 0.05) is 12.3 Å². The van der Waals surface area contributed by atoms with Crippen LogP contribution in [0.5, 0.6) is 0 Å². The number of rotatable bonds is 1. The molecular formula is C21H32O2. The zero-order chi connectivity index (χ0) is 16.2. The molecule has 6 atom stereocenters. The van der Waals surface area contributed by atoms with Crippen molar-refractivity contribution in [3.05, 3.63) is 11.8 Å². The lowest BCUT2D eigenvalue weighted by Gasteiger charge is -2.60. The number of hydrogen-bond donors (Lipinski definition) is 0. The van der Waals surface area contributed by atoms with Crippen LogP contribution in [-0.2, 0) is 9.53 Å². The van der Waals surface area contributed by atoms with E-state index in [1.54, 1.807) is 0 Å². The van der Waals surface area contributed by atoms with Crippen LogP contribution in [0.4, 0.5) is 0 Å². The molecule has 0 aromatic heterocycles. The van der Waals surface area contributed by atoms with Gasteiger partial charge in [0.1, 0.15) is 5.76 Å². The first kappa shape index (κ1) is 15.7. The Hall–Kier alpha value is -0.790. The van der Waals surface area contributed by atoms with Gasteiger partial charge in [0.25, 0.3) is 0 Å². The van der Waals surface area contributed by atoms with Crippen molar-refractivity contribution in [1.82, 2.24) is 0 Å². The topological polar surface area (TPSA) is 26.3 Å². The molecule has 0 bridgehead atoms. The van der Waals surface area contributed by atoms with Crippen LogP contribution in [0.15, 0.2) is 11.8 Å². The highest BCUT2D eigenvalue weighted by Gasteiger charge is 2.58. The van der Waals surface area contributed by atoms with E-state index in [-0.39, 0.29) is 11.4 Å². The summed E-state index contributed by atoms with van der Waals surface area (Å²) in [4.78, 5) is 11.5. The molecule has 0 aromatic carbocycles. The van der Waals surface area contributed by atoms with Gasteiger partial charge in [-0.3, -0.25) is 4.79 Å². The fourth-order valence-electron chi connectivity index (χ4n) is 7.14. The van der Waals surface area contributed by atoms with Gasteiger partial charge in [0.05, 0.1) is 0 Å². The van der Waals surface area contributed by atoms with E-state index in [0.717, 1.165) is 29.9 Å². The molecule has 3 saturated carbocycles. The van der Waals surface area contributed by atoms with E-state index in [4.69, 9.17) is 4.74 Å². The van der Waals surface area contributed by atoms with Crippen molar-refractivity contribution >= 4 is 5.97 Å². The van der Waals surface area contributed by atoms with E-state index in [9.17, 15) is 4.79 Å². The first-order valence-electron chi connectivity index (χ1n) is 9.84. The van der Waals surface area contributed by atoms with Crippen molar-refractivity contribution < 1.29 is 9.53 Å². The first-order chi connectivity index (χ1) is 10.9. The average molecular weight is 316 g/mol. The lowest BCUT2D eigenvalue weighted by atomic mass is 9.45. The molecule has 3 fully saturated rings. The predicted octanol–water partition coefficient (Wildman–Crippen LogP) is 5.48. The van der Waals surface area contributed by atoms with Gasteiger partial charge in [0.2, 0.25) is 0 Å². The lowest BCUT2D eigenvalue weighted by Crippen LogP contribution is -2.52. The molecule has 0 aliphatic heterocycles. The van der Waals surface area contributed by atoms with Gasteiger partial charge in [-0.15, -0.1) is 0 Å². The minimum absolute atomic E-state index is 0.116. The van der Waals surface area contributed by atoms with E-state index in [1.807, 2.05) is 0 Å². The Labute approximate surface area is 141 Å². The molecule has 0 amide bonds. The van der Waals surface area contributed by atoms with Crippen LogP contribution >= 0.6 is 0 Å². The van der Waals surface area contributed by atoms with Crippen LogP contribution in [0.25, 0.3) is 0 Å². The van der Waals surface area contributed by atoms with E-state index < -0.39 is 0 Å². The van der Waals surface area contributed by atoms with E-state index in [2.05, 4.69) is 19.9 Å². The second-order valence-corrected chi connectivity index (χ2v) is 9.26. The highest BCUT2D eigenvalue weighted by molar-refractivity contribution is 5.67. The molecule has 2 nitrogen and oxygen atoms in total. The third kappa shape index (κ3) is 2.23. The van der Waals surface area contributed by atoms with Gasteiger partial charge in [-0.05, 0) is 80.1 Å². The van der Waals surface area contributed by atoms with Crippen LogP contribution in [-0.4, -0.2) is 5.97 Å². The molecule has 128 valence electrons. The number of fused-ring (bicyclic) bond motifs is 5. The molecule has 0 radical (unpaired) electrons. The van der Waals surface area contributed by atoms with E-state index >= 15 is 0 Å². The van der Waals surface area contributed by atoms with Gasteiger partial charge in [-0.1, -0.05) is 26.7 Å². The Kier molecular flexibility index (Phi) is 3.66. The molecule has 0 heterocycles. The zero-order valence-electron chi connectivity index (χ0n) is 15.1. The highest BCUT2D eigenvalue weighted by Crippen LogP contribution is 2.66. The second-order valence-electron chi connectivity index (χ2n) is 9.26. The van der Waals surface area contributed by atoms with Crippen LogP contribution < -0.4 is 0 Å². The molecule has 2 heteroatoms. The van der Waals surface area contributed by atoms with Crippen molar-refractivity contribution in [2.45, 2.75) is 78.6 Å². The summed E-state index contributed by atoms with van der Waals surface area (Å²) in [6.07, 6.45) is 14.6. The Morgan fingerprint density at radius 1 is 1.09 bits per heavy atom. The minimum atomic E-state index is -0.150. The first-order valence-corrected chi connectivity index (χ1v) is 9.84. The Balaban J connectivity index is 1.60. The summed E-state index contributed by atoms with van der Waals surface area (Å²) < 4.78 is 5.62. The standard InChI is InChI=1S/C21H32O2/c1-14(22)23-19-10-9-17-16-8-7-15-6-4-5-12-20(15,2)18(16)11-13-21(17,19)3/h10,15-18H,4-9,11-13H2,1-3H3/t15-,16+,17+,18+,20+,21+/m1/s1. The van der Waals surface area contributed by atoms with Crippen molar-refractivity contribution in [2.24, 2.45) is 34.5 Å². The normalized spacial score (nSPS) is 48.7. The quantitative estimate of drug-likeness (QED) is 0.599. The summed E-state index contributed by atoms with van der Waals surface area (Å²) in [6.45, 7) is 6.52. The number of carbonyl (C=O) groups is 1. The predicted molar refractivity (Wildman–Crippen MR) is 91.6 cm³/mol. The Morgan fingerprint density at radius 3 is 2.70 bits per heavy atom. The summed E-state index contributed by atoms with van der Waals surface area (Å²) in [6, 6.07) is 0. The van der Waals surface area contributed by atoms with Gasteiger partial charge >= 0.3 is 5.97 Å². The van der Waals surface area contributed by atoms with Crippen LogP contribution in [0.2, 0.25) is 0 Å². The van der Waals surface area contributed by atoms with Gasteiger partial charge in [-0.2, -0.15) is 0 Å². The number of ether oxygens (including phenoxy) is 1. The largest absolute Gasteiger partial charge is 0.431 e. The Morgan fingerprint density at radius 2 is 1.91 bits per heavy atom. The van der Waals surface area contributed by atoms with Gasteiger partial charge in [-0.25, -0.2) is 0 Å². The third-order valence-corrected chi connectivity index (χ3v) is 8.35. The minimum Gasteiger partial charge on any atom is -0.431 e. The monoisotopic (exact) mass is 316 g/mol. The van der Waals surface area contributed by atoms with E-state index in [0.29, 0.717) is 11.3 Å². The van der Waals surface area contributed by atoms with Crippen LogP contribution in [0.1, 0.15) is 78.6 Å². The molecule has 4 aliphatic rings. The van der Waals surface area contributed by atoms with Crippen molar-refractivity contribution in [2.75, 3.05) is 0 Å². The molecule has 23 heavy (non-hydrogen) atoms. The molecular weight excluding hydrogens is 284 g/mol. The molecule has 0 saturated heterocycles. The lowest BCUT2D eigenvalue weighted by molar-refractivity contribution is -0.142. The van der Waals surface area contributed by atoms with Crippen molar-refractivity contribution in [3.8, 4) is 0 Å². The molecule has 0 unspecified atom stereocenters.